The molecule has 0 aliphatic carbocycles. The fraction of sp³-hybridized carbons (Fsp3) is 0.333. The molecule has 0 aliphatic rings. The van der Waals surface area contributed by atoms with E-state index in [9.17, 15) is 23.6 Å². The number of benzene rings is 1. The van der Waals surface area contributed by atoms with E-state index in [-0.39, 0.29) is 23.0 Å². The largest absolute Gasteiger partial charge is 0.467 e. The second kappa shape index (κ2) is 7.02. The van der Waals surface area contributed by atoms with E-state index in [0.717, 1.165) is 6.26 Å². The summed E-state index contributed by atoms with van der Waals surface area (Å²) in [4.78, 5) is 10.2. The fourth-order valence-corrected chi connectivity index (χ4v) is 3.24. The first kappa shape index (κ1) is 18.0. The van der Waals surface area contributed by atoms with Crippen LogP contribution in [0.25, 0.3) is 0 Å². The van der Waals surface area contributed by atoms with Gasteiger partial charge in [-0.25, -0.2) is 8.42 Å². The summed E-state index contributed by atoms with van der Waals surface area (Å²) in [5.41, 5.74) is -0.415. The molecule has 0 fully saturated rings. The minimum absolute atomic E-state index is 0.0852. The predicted octanol–water partition coefficient (Wildman–Crippen LogP) is 2.52. The zero-order valence-corrected chi connectivity index (χ0v) is 14.0. The summed E-state index contributed by atoms with van der Waals surface area (Å²) in [6.07, 6.45) is 1.72. The summed E-state index contributed by atoms with van der Waals surface area (Å²) < 4.78 is 28.6. The van der Waals surface area contributed by atoms with Crippen molar-refractivity contribution in [2.75, 3.05) is 11.6 Å². The number of nitro groups is 1. The normalized spacial score (nSPS) is 14.1. The van der Waals surface area contributed by atoms with Gasteiger partial charge in [0.1, 0.15) is 22.4 Å². The Bertz CT molecular complexity index is 816. The lowest BCUT2D eigenvalue weighted by Crippen LogP contribution is -2.20. The summed E-state index contributed by atoms with van der Waals surface area (Å²) >= 11 is 0. The summed E-state index contributed by atoms with van der Waals surface area (Å²) in [7, 11) is -3.74. The molecule has 130 valence electrons. The number of sulfone groups is 1. The minimum Gasteiger partial charge on any atom is -0.467 e. The van der Waals surface area contributed by atoms with Gasteiger partial charge in [0.15, 0.2) is 9.84 Å². The lowest BCUT2D eigenvalue weighted by molar-refractivity contribution is -0.386. The van der Waals surface area contributed by atoms with E-state index in [1.165, 1.54) is 24.5 Å². The zero-order chi connectivity index (χ0) is 17.9. The highest BCUT2D eigenvalue weighted by atomic mass is 32.2. The molecule has 2 aromatic rings. The van der Waals surface area contributed by atoms with Crippen LogP contribution in [0.5, 0.6) is 0 Å². The van der Waals surface area contributed by atoms with Gasteiger partial charge in [0, 0.05) is 18.7 Å². The number of rotatable bonds is 7. The number of aliphatic hydroxyl groups is 1. The lowest BCUT2D eigenvalue weighted by Gasteiger charge is -2.18. The molecule has 0 saturated heterocycles. The standard InChI is InChI=1S/C15H18N2O6S/c1-10(9-12(18)13-6-4-8-23-13)16-11-5-3-7-14(24(2,21)22)15(11)17(19)20/h3-8,10,12,16,18H,9H2,1-2H3. The Hall–Kier alpha value is -2.39. The van der Waals surface area contributed by atoms with Crippen molar-refractivity contribution in [2.24, 2.45) is 0 Å². The number of para-hydroxylation sites is 1. The third-order valence-electron chi connectivity index (χ3n) is 3.43. The Kier molecular flexibility index (Phi) is 5.25. The lowest BCUT2D eigenvalue weighted by atomic mass is 10.1. The van der Waals surface area contributed by atoms with Crippen molar-refractivity contribution in [3.05, 3.63) is 52.5 Å². The van der Waals surface area contributed by atoms with Gasteiger partial charge in [0.05, 0.1) is 11.2 Å². The third kappa shape index (κ3) is 4.12. The number of hydrogen-bond acceptors (Lipinski definition) is 7. The highest BCUT2D eigenvalue weighted by Gasteiger charge is 2.27. The summed E-state index contributed by atoms with van der Waals surface area (Å²) in [5.74, 6) is 0.392. The number of nitrogens with one attached hydrogen (secondary N) is 1. The molecule has 0 aliphatic heterocycles. The van der Waals surface area contributed by atoms with E-state index in [4.69, 9.17) is 4.42 Å². The maximum Gasteiger partial charge on any atom is 0.310 e. The Morgan fingerprint density at radius 2 is 2.04 bits per heavy atom. The van der Waals surface area contributed by atoms with Crippen LogP contribution >= 0.6 is 0 Å². The van der Waals surface area contributed by atoms with E-state index in [2.05, 4.69) is 5.32 Å². The van der Waals surface area contributed by atoms with Crippen molar-refractivity contribution in [2.45, 2.75) is 30.4 Å². The topological polar surface area (TPSA) is 123 Å². The van der Waals surface area contributed by atoms with E-state index in [1.54, 1.807) is 19.1 Å². The van der Waals surface area contributed by atoms with Crippen molar-refractivity contribution in [1.29, 1.82) is 0 Å². The Balaban J connectivity index is 2.24. The molecule has 2 unspecified atom stereocenters. The molecule has 0 bridgehead atoms. The van der Waals surface area contributed by atoms with Crippen LogP contribution in [0, 0.1) is 10.1 Å². The van der Waals surface area contributed by atoms with Crippen molar-refractivity contribution in [1.82, 2.24) is 0 Å². The number of hydrogen-bond donors (Lipinski definition) is 2. The van der Waals surface area contributed by atoms with Gasteiger partial charge in [-0.1, -0.05) is 6.07 Å². The molecule has 2 rings (SSSR count). The van der Waals surface area contributed by atoms with E-state index in [0.29, 0.717) is 5.76 Å². The second-order valence-corrected chi connectivity index (χ2v) is 7.48. The number of nitro benzene ring substituents is 1. The van der Waals surface area contributed by atoms with Gasteiger partial charge in [-0.2, -0.15) is 0 Å². The first-order chi connectivity index (χ1) is 11.2. The van der Waals surface area contributed by atoms with Crippen molar-refractivity contribution >= 4 is 21.2 Å². The number of nitrogens with zero attached hydrogens (tertiary/aromatic N) is 1. The second-order valence-electron chi connectivity index (χ2n) is 5.49. The van der Waals surface area contributed by atoms with Gasteiger partial charge < -0.3 is 14.8 Å². The molecule has 1 heterocycles. The van der Waals surface area contributed by atoms with Gasteiger partial charge in [0.25, 0.3) is 0 Å². The highest BCUT2D eigenvalue weighted by Crippen LogP contribution is 2.33. The Morgan fingerprint density at radius 1 is 1.33 bits per heavy atom. The molecule has 24 heavy (non-hydrogen) atoms. The quantitative estimate of drug-likeness (QED) is 0.578. The van der Waals surface area contributed by atoms with Gasteiger partial charge in [-0.15, -0.1) is 0 Å². The fourth-order valence-electron chi connectivity index (χ4n) is 2.38. The molecular formula is C15H18N2O6S. The highest BCUT2D eigenvalue weighted by molar-refractivity contribution is 7.90. The maximum atomic E-state index is 11.7. The first-order valence-electron chi connectivity index (χ1n) is 7.15. The van der Waals surface area contributed by atoms with Gasteiger partial charge >= 0.3 is 5.69 Å². The average molecular weight is 354 g/mol. The monoisotopic (exact) mass is 354 g/mol. The van der Waals surface area contributed by atoms with Gasteiger partial charge in [-0.3, -0.25) is 10.1 Å². The van der Waals surface area contributed by atoms with E-state index >= 15 is 0 Å². The van der Waals surface area contributed by atoms with E-state index in [1.807, 2.05) is 0 Å². The molecule has 9 heteroatoms. The molecule has 1 aromatic heterocycles. The van der Waals surface area contributed by atoms with Crippen LogP contribution in [0.2, 0.25) is 0 Å². The smallest absolute Gasteiger partial charge is 0.310 e. The predicted molar refractivity (Wildman–Crippen MR) is 87.6 cm³/mol. The van der Waals surface area contributed by atoms with Crippen LogP contribution in [0.15, 0.2) is 45.9 Å². The molecule has 0 amide bonds. The maximum absolute atomic E-state index is 11.7. The van der Waals surface area contributed by atoms with Crippen molar-refractivity contribution in [3.63, 3.8) is 0 Å². The van der Waals surface area contributed by atoms with Crippen LogP contribution in [0.1, 0.15) is 25.2 Å². The Labute approximate surface area is 139 Å². The summed E-state index contributed by atoms with van der Waals surface area (Å²) in [6.45, 7) is 1.73. The SMILES string of the molecule is CC(CC(O)c1ccco1)Nc1cccc(S(C)(=O)=O)c1[N+](=O)[O-]. The Morgan fingerprint density at radius 3 is 2.58 bits per heavy atom. The summed E-state index contributed by atoms with van der Waals surface area (Å²) in [5, 5.41) is 24.3. The van der Waals surface area contributed by atoms with Crippen molar-refractivity contribution in [3.8, 4) is 0 Å². The van der Waals surface area contributed by atoms with Crippen molar-refractivity contribution < 1.29 is 22.9 Å². The first-order valence-corrected chi connectivity index (χ1v) is 9.04. The number of aliphatic hydroxyl groups excluding tert-OH is 1. The number of anilines is 1. The van der Waals surface area contributed by atoms with Crippen LogP contribution in [-0.2, 0) is 9.84 Å². The van der Waals surface area contributed by atoms with Crippen LogP contribution in [0.4, 0.5) is 11.4 Å². The summed E-state index contributed by atoms with van der Waals surface area (Å²) in [6, 6.07) is 6.98. The van der Waals surface area contributed by atoms with Gasteiger partial charge in [-0.05, 0) is 31.2 Å². The van der Waals surface area contributed by atoms with Gasteiger partial charge in [0.2, 0.25) is 0 Å². The average Bonchev–Trinajstić information content (AvgIpc) is 2.99. The molecule has 0 saturated carbocycles. The molecule has 0 radical (unpaired) electrons. The molecule has 2 N–H and O–H groups in total. The molecule has 8 nitrogen and oxygen atoms in total. The molecular weight excluding hydrogens is 336 g/mol. The third-order valence-corrected chi connectivity index (χ3v) is 4.56. The molecule has 2 atom stereocenters. The molecule has 0 spiro atoms. The van der Waals surface area contributed by atoms with E-state index < -0.39 is 26.6 Å². The zero-order valence-electron chi connectivity index (χ0n) is 13.2. The van der Waals surface area contributed by atoms with Crippen LogP contribution in [-0.4, -0.2) is 30.7 Å². The molecule has 1 aromatic carbocycles. The number of furan rings is 1. The minimum atomic E-state index is -3.74. The van der Waals surface area contributed by atoms with Crippen LogP contribution < -0.4 is 5.32 Å². The van der Waals surface area contributed by atoms with Crippen LogP contribution in [0.3, 0.4) is 0 Å².